The quantitative estimate of drug-likeness (QED) is 0.355. The lowest BCUT2D eigenvalue weighted by atomic mass is 10.1. The maximum absolute atomic E-state index is 14.7. The molecule has 0 bridgehead atoms. The van der Waals surface area contributed by atoms with Crippen LogP contribution in [-0.4, -0.2) is 31.6 Å². The zero-order valence-corrected chi connectivity index (χ0v) is 17.7. The maximum Gasteiger partial charge on any atom is 0.134 e. The molecule has 5 rings (SSSR count). The Balaban J connectivity index is 1.54. The number of aromatic amines is 1. The third-order valence-corrected chi connectivity index (χ3v) is 5.18. The van der Waals surface area contributed by atoms with Crippen molar-refractivity contribution in [1.29, 1.82) is 0 Å². The molecule has 0 aliphatic rings. The average Bonchev–Trinajstić information content (AvgIpc) is 3.45. The molecule has 0 aliphatic carbocycles. The highest BCUT2D eigenvalue weighted by atomic mass is 19.1. The van der Waals surface area contributed by atoms with Crippen molar-refractivity contribution in [3.63, 3.8) is 0 Å². The van der Waals surface area contributed by atoms with Crippen LogP contribution in [0.1, 0.15) is 12.5 Å². The molecule has 3 aromatic heterocycles. The molecule has 0 fully saturated rings. The van der Waals surface area contributed by atoms with Gasteiger partial charge in [-0.25, -0.2) is 8.78 Å². The van der Waals surface area contributed by atoms with Gasteiger partial charge in [-0.15, -0.1) is 0 Å². The minimum absolute atomic E-state index is 0.0719. The number of para-hydroxylation sites is 1. The van der Waals surface area contributed by atoms with Crippen LogP contribution >= 0.6 is 0 Å². The number of H-pyrrole nitrogens is 1. The van der Waals surface area contributed by atoms with E-state index in [1.807, 2.05) is 36.4 Å². The number of hydrogen-bond acceptors (Lipinski definition) is 5. The van der Waals surface area contributed by atoms with Crippen molar-refractivity contribution in [1.82, 2.24) is 25.0 Å². The van der Waals surface area contributed by atoms with Crippen molar-refractivity contribution in [3.05, 3.63) is 84.3 Å². The Labute approximate surface area is 188 Å². The Morgan fingerprint density at radius 2 is 1.88 bits per heavy atom. The molecule has 3 heterocycles. The fourth-order valence-corrected chi connectivity index (χ4v) is 3.69. The van der Waals surface area contributed by atoms with Gasteiger partial charge in [0.2, 0.25) is 0 Å². The molecule has 2 N–H and O–H groups in total. The van der Waals surface area contributed by atoms with E-state index in [4.69, 9.17) is 4.74 Å². The van der Waals surface area contributed by atoms with Gasteiger partial charge in [0.1, 0.15) is 23.1 Å². The second-order valence-corrected chi connectivity index (χ2v) is 7.36. The fraction of sp³-hybridized carbons (Fsp3) is 0.125. The van der Waals surface area contributed by atoms with Crippen molar-refractivity contribution in [2.75, 3.05) is 11.9 Å². The number of hydrogen-bond donors (Lipinski definition) is 2. The summed E-state index contributed by atoms with van der Waals surface area (Å²) in [5.41, 5.74) is 3.53. The zero-order chi connectivity index (χ0) is 22.8. The Kier molecular flexibility index (Phi) is 5.43. The first kappa shape index (κ1) is 20.6. The topological polar surface area (TPSA) is 80.6 Å². The number of fused-ring (bicyclic) bond motifs is 1. The summed E-state index contributed by atoms with van der Waals surface area (Å²) in [5.74, 6) is -1.19. The highest BCUT2D eigenvalue weighted by Crippen LogP contribution is 2.30. The molecular formula is C24H20F2N6O. The van der Waals surface area contributed by atoms with Crippen molar-refractivity contribution in [2.24, 2.45) is 0 Å². The number of nitrogens with one attached hydrogen (secondary N) is 2. The molecule has 33 heavy (non-hydrogen) atoms. The lowest BCUT2D eigenvalue weighted by Crippen LogP contribution is -2.07. The van der Waals surface area contributed by atoms with Crippen LogP contribution < -0.4 is 10.1 Å². The summed E-state index contributed by atoms with van der Waals surface area (Å²) in [5, 5.41) is 15.4. The van der Waals surface area contributed by atoms with E-state index in [1.54, 1.807) is 30.2 Å². The molecule has 0 unspecified atom stereocenters. The van der Waals surface area contributed by atoms with E-state index in [9.17, 15) is 8.78 Å². The molecule has 0 saturated heterocycles. The molecular weight excluding hydrogens is 426 g/mol. The highest BCUT2D eigenvalue weighted by molar-refractivity contribution is 5.93. The number of aromatic nitrogens is 5. The number of halogens is 2. The van der Waals surface area contributed by atoms with Crippen molar-refractivity contribution < 1.29 is 13.5 Å². The highest BCUT2D eigenvalue weighted by Gasteiger charge is 2.18. The molecule has 7 nitrogen and oxygen atoms in total. The Hall–Kier alpha value is -4.27. The van der Waals surface area contributed by atoms with Gasteiger partial charge in [-0.2, -0.15) is 10.2 Å². The molecule has 2 aromatic carbocycles. The van der Waals surface area contributed by atoms with Gasteiger partial charge in [0.25, 0.3) is 0 Å². The van der Waals surface area contributed by atoms with Gasteiger partial charge in [0.15, 0.2) is 0 Å². The van der Waals surface area contributed by atoms with Gasteiger partial charge in [-0.3, -0.25) is 14.8 Å². The van der Waals surface area contributed by atoms with Gasteiger partial charge in [0, 0.05) is 41.2 Å². The first-order valence-electron chi connectivity index (χ1n) is 10.4. The summed E-state index contributed by atoms with van der Waals surface area (Å²) in [6, 6.07) is 13.6. The lowest BCUT2D eigenvalue weighted by Gasteiger charge is -2.09. The van der Waals surface area contributed by atoms with E-state index in [-0.39, 0.29) is 17.9 Å². The first-order chi connectivity index (χ1) is 16.1. The van der Waals surface area contributed by atoms with Crippen molar-refractivity contribution >= 4 is 22.3 Å². The fourth-order valence-electron chi connectivity index (χ4n) is 3.69. The van der Waals surface area contributed by atoms with Crippen molar-refractivity contribution in [2.45, 2.75) is 13.5 Å². The predicted octanol–water partition coefficient (Wildman–Crippen LogP) is 5.29. The van der Waals surface area contributed by atoms with Crippen LogP contribution in [0.3, 0.4) is 0 Å². The Morgan fingerprint density at radius 1 is 1.06 bits per heavy atom. The number of pyridine rings is 1. The molecule has 0 radical (unpaired) electrons. The second-order valence-electron chi connectivity index (χ2n) is 7.36. The zero-order valence-electron chi connectivity index (χ0n) is 17.7. The molecule has 0 aliphatic heterocycles. The maximum atomic E-state index is 14.7. The molecule has 0 atom stereocenters. The van der Waals surface area contributed by atoms with Gasteiger partial charge in [0.05, 0.1) is 36.2 Å². The van der Waals surface area contributed by atoms with Crippen LogP contribution in [0.4, 0.5) is 20.2 Å². The van der Waals surface area contributed by atoms with E-state index in [0.717, 1.165) is 22.3 Å². The minimum Gasteiger partial charge on any atom is -0.494 e. The van der Waals surface area contributed by atoms with Crippen LogP contribution in [0.2, 0.25) is 0 Å². The molecule has 5 aromatic rings. The second kappa shape index (κ2) is 8.70. The molecule has 9 heteroatoms. The number of rotatable bonds is 7. The van der Waals surface area contributed by atoms with Gasteiger partial charge in [-0.1, -0.05) is 18.2 Å². The SMILES string of the molecule is CCOc1cc(F)c(Cn2nc(-c3cc(Nc4cn[nH]c4)ccn3)c3ccccc32)c(F)c1. The van der Waals surface area contributed by atoms with Gasteiger partial charge < -0.3 is 10.1 Å². The Morgan fingerprint density at radius 3 is 2.64 bits per heavy atom. The van der Waals surface area contributed by atoms with E-state index in [0.29, 0.717) is 18.0 Å². The molecule has 0 spiro atoms. The van der Waals surface area contributed by atoms with Crippen LogP contribution in [0, 0.1) is 11.6 Å². The number of benzene rings is 2. The first-order valence-corrected chi connectivity index (χ1v) is 10.4. The van der Waals surface area contributed by atoms with E-state index >= 15 is 0 Å². The average molecular weight is 446 g/mol. The Bertz CT molecular complexity index is 1390. The van der Waals surface area contributed by atoms with Crippen LogP contribution in [0.5, 0.6) is 5.75 Å². The molecule has 0 amide bonds. The minimum atomic E-state index is -0.677. The normalized spacial score (nSPS) is 11.1. The lowest BCUT2D eigenvalue weighted by molar-refractivity contribution is 0.335. The molecule has 0 saturated carbocycles. The number of anilines is 2. The van der Waals surface area contributed by atoms with E-state index in [2.05, 4.69) is 25.6 Å². The third kappa shape index (κ3) is 4.12. The molecule has 166 valence electrons. The van der Waals surface area contributed by atoms with Crippen LogP contribution in [0.15, 0.2) is 67.1 Å². The largest absolute Gasteiger partial charge is 0.494 e. The van der Waals surface area contributed by atoms with Gasteiger partial charge >= 0.3 is 0 Å². The summed E-state index contributed by atoms with van der Waals surface area (Å²) in [4.78, 5) is 4.47. The standard InChI is InChI=1S/C24H20F2N6O/c1-2-33-17-10-20(25)19(21(26)11-17)14-32-23-6-4-3-5-18(23)24(31-32)22-9-15(7-8-27-22)30-16-12-28-29-13-16/h3-13H,2,14H2,1H3,(H,27,30)(H,28,29). The number of ether oxygens (including phenoxy) is 1. The van der Waals surface area contributed by atoms with Gasteiger partial charge in [-0.05, 0) is 25.1 Å². The monoisotopic (exact) mass is 446 g/mol. The van der Waals surface area contributed by atoms with E-state index < -0.39 is 11.6 Å². The summed E-state index contributed by atoms with van der Waals surface area (Å²) >= 11 is 0. The summed E-state index contributed by atoms with van der Waals surface area (Å²) in [6.07, 6.45) is 5.09. The predicted molar refractivity (Wildman–Crippen MR) is 121 cm³/mol. The number of nitrogens with zero attached hydrogens (tertiary/aromatic N) is 4. The van der Waals surface area contributed by atoms with Crippen LogP contribution in [-0.2, 0) is 6.54 Å². The summed E-state index contributed by atoms with van der Waals surface area (Å²) in [6.45, 7) is 2.01. The van der Waals surface area contributed by atoms with E-state index in [1.165, 1.54) is 12.1 Å². The van der Waals surface area contributed by atoms with Crippen LogP contribution in [0.25, 0.3) is 22.3 Å². The van der Waals surface area contributed by atoms with Crippen molar-refractivity contribution in [3.8, 4) is 17.1 Å². The summed E-state index contributed by atoms with van der Waals surface area (Å²) < 4.78 is 36.2. The third-order valence-electron chi connectivity index (χ3n) is 5.18. The smallest absolute Gasteiger partial charge is 0.134 e. The summed E-state index contributed by atoms with van der Waals surface area (Å²) in [7, 11) is 0.